The number of aromatic nitrogens is 4. The van der Waals surface area contributed by atoms with Crippen molar-refractivity contribution in [2.45, 2.75) is 32.0 Å². The predicted octanol–water partition coefficient (Wildman–Crippen LogP) is 3.99. The van der Waals surface area contributed by atoms with Crippen molar-refractivity contribution in [2.75, 3.05) is 38.2 Å². The summed E-state index contributed by atoms with van der Waals surface area (Å²) in [7, 11) is 1.70. The van der Waals surface area contributed by atoms with Gasteiger partial charge in [-0.2, -0.15) is 5.10 Å². The van der Waals surface area contributed by atoms with Crippen LogP contribution in [0.4, 0.5) is 5.69 Å². The summed E-state index contributed by atoms with van der Waals surface area (Å²) in [5.41, 5.74) is 2.32. The Bertz CT molecular complexity index is 1070. The van der Waals surface area contributed by atoms with Crippen LogP contribution in [-0.2, 0) is 6.67 Å². The SMILES string of the molecule is COc1ccc(N2CCCN(Cn3nc(-c4ccncc4)n(C4CC4)c3=S)CC2)cc1. The van der Waals surface area contributed by atoms with Gasteiger partial charge in [-0.15, -0.1) is 0 Å². The van der Waals surface area contributed by atoms with Crippen molar-refractivity contribution in [1.82, 2.24) is 24.2 Å². The van der Waals surface area contributed by atoms with Gasteiger partial charge >= 0.3 is 0 Å². The van der Waals surface area contributed by atoms with Crippen molar-refractivity contribution in [3.8, 4) is 17.1 Å². The van der Waals surface area contributed by atoms with Crippen molar-refractivity contribution in [1.29, 1.82) is 0 Å². The molecule has 7 nitrogen and oxygen atoms in total. The van der Waals surface area contributed by atoms with Gasteiger partial charge in [-0.05, 0) is 67.9 Å². The third-order valence-corrected chi connectivity index (χ3v) is 6.49. The van der Waals surface area contributed by atoms with Gasteiger partial charge in [-0.25, -0.2) is 4.68 Å². The highest BCUT2D eigenvalue weighted by molar-refractivity contribution is 7.71. The summed E-state index contributed by atoms with van der Waals surface area (Å²) < 4.78 is 10.4. The summed E-state index contributed by atoms with van der Waals surface area (Å²) >= 11 is 5.85. The minimum atomic E-state index is 0.485. The lowest BCUT2D eigenvalue weighted by Gasteiger charge is -2.23. The van der Waals surface area contributed by atoms with Gasteiger partial charge in [0.1, 0.15) is 5.75 Å². The molecule has 0 bridgehead atoms. The second-order valence-corrected chi connectivity index (χ2v) is 8.61. The number of hydrogen-bond acceptors (Lipinski definition) is 6. The number of anilines is 1. The molecule has 31 heavy (non-hydrogen) atoms. The quantitative estimate of drug-likeness (QED) is 0.545. The van der Waals surface area contributed by atoms with Crippen molar-refractivity contribution >= 4 is 17.9 Å². The second kappa shape index (κ2) is 8.80. The maximum atomic E-state index is 5.85. The smallest absolute Gasteiger partial charge is 0.199 e. The van der Waals surface area contributed by atoms with E-state index in [4.69, 9.17) is 22.1 Å². The Morgan fingerprint density at radius 2 is 1.77 bits per heavy atom. The van der Waals surface area contributed by atoms with Crippen LogP contribution in [0.1, 0.15) is 25.3 Å². The van der Waals surface area contributed by atoms with Crippen LogP contribution < -0.4 is 9.64 Å². The second-order valence-electron chi connectivity index (χ2n) is 8.24. The van der Waals surface area contributed by atoms with E-state index in [0.29, 0.717) is 6.04 Å². The minimum Gasteiger partial charge on any atom is -0.497 e. The van der Waals surface area contributed by atoms with Gasteiger partial charge in [0.2, 0.25) is 0 Å². The van der Waals surface area contributed by atoms with Crippen molar-refractivity contribution < 1.29 is 4.74 Å². The molecule has 1 aromatic carbocycles. The molecule has 162 valence electrons. The topological polar surface area (TPSA) is 51.4 Å². The highest BCUT2D eigenvalue weighted by atomic mass is 32.1. The van der Waals surface area contributed by atoms with Crippen LogP contribution in [0.5, 0.6) is 5.75 Å². The van der Waals surface area contributed by atoms with Crippen LogP contribution in [0.2, 0.25) is 0 Å². The molecule has 8 heteroatoms. The first kappa shape index (κ1) is 20.2. The number of nitrogens with zero attached hydrogens (tertiary/aromatic N) is 6. The molecule has 2 aromatic heterocycles. The van der Waals surface area contributed by atoms with Crippen LogP contribution in [0, 0.1) is 4.77 Å². The summed E-state index contributed by atoms with van der Waals surface area (Å²) in [6.45, 7) is 4.78. The van der Waals surface area contributed by atoms with Gasteiger partial charge in [-0.1, -0.05) is 0 Å². The van der Waals surface area contributed by atoms with Gasteiger partial charge in [-0.3, -0.25) is 14.5 Å². The molecule has 2 aliphatic rings. The summed E-state index contributed by atoms with van der Waals surface area (Å²) in [5, 5.41) is 4.94. The number of hydrogen-bond donors (Lipinski definition) is 0. The normalized spacial score (nSPS) is 17.5. The zero-order valence-corrected chi connectivity index (χ0v) is 18.7. The average molecular weight is 437 g/mol. The zero-order chi connectivity index (χ0) is 21.2. The first-order valence-electron chi connectivity index (χ1n) is 10.9. The van der Waals surface area contributed by atoms with E-state index in [1.807, 2.05) is 41.3 Å². The molecule has 1 aliphatic heterocycles. The molecule has 0 atom stereocenters. The third kappa shape index (κ3) is 4.36. The monoisotopic (exact) mass is 436 g/mol. The Hall–Kier alpha value is -2.71. The number of rotatable bonds is 6. The molecule has 1 aliphatic carbocycles. The fourth-order valence-electron chi connectivity index (χ4n) is 4.23. The van der Waals surface area contributed by atoms with Crippen molar-refractivity contribution in [3.05, 3.63) is 53.6 Å². The predicted molar refractivity (Wildman–Crippen MR) is 124 cm³/mol. The summed E-state index contributed by atoms with van der Waals surface area (Å²) in [4.78, 5) is 9.05. The first-order chi connectivity index (χ1) is 15.2. The fraction of sp³-hybridized carbons (Fsp3) is 0.435. The largest absolute Gasteiger partial charge is 0.497 e. The Balaban J connectivity index is 1.31. The first-order valence-corrected chi connectivity index (χ1v) is 11.3. The summed E-state index contributed by atoms with van der Waals surface area (Å²) in [6.07, 6.45) is 7.10. The Morgan fingerprint density at radius 1 is 1.00 bits per heavy atom. The van der Waals surface area contributed by atoms with E-state index in [1.54, 1.807) is 7.11 Å². The molecule has 0 amide bonds. The lowest BCUT2D eigenvalue weighted by molar-refractivity contribution is 0.219. The minimum absolute atomic E-state index is 0.485. The molecular weight excluding hydrogens is 408 g/mol. The third-order valence-electron chi connectivity index (χ3n) is 6.08. The van der Waals surface area contributed by atoms with Crippen LogP contribution in [0.3, 0.4) is 0 Å². The molecule has 2 fully saturated rings. The van der Waals surface area contributed by atoms with Gasteiger partial charge in [0.15, 0.2) is 10.6 Å². The molecule has 0 unspecified atom stereocenters. The maximum absolute atomic E-state index is 5.85. The van der Waals surface area contributed by atoms with Crippen LogP contribution in [0.15, 0.2) is 48.8 Å². The van der Waals surface area contributed by atoms with E-state index in [2.05, 4.69) is 31.5 Å². The average Bonchev–Trinajstić information content (AvgIpc) is 3.63. The van der Waals surface area contributed by atoms with E-state index >= 15 is 0 Å². The number of benzene rings is 1. The van der Waals surface area contributed by atoms with Gasteiger partial charge in [0.25, 0.3) is 0 Å². The Labute approximate surface area is 187 Å². The number of ether oxygens (including phenoxy) is 1. The van der Waals surface area contributed by atoms with Crippen molar-refractivity contribution in [3.63, 3.8) is 0 Å². The molecule has 3 aromatic rings. The standard InChI is InChI=1S/C23H28N6OS/c1-30-21-7-5-19(6-8-21)27-14-2-13-26(15-16-27)17-28-23(31)29(20-3-4-20)22(25-28)18-9-11-24-12-10-18/h5-12,20H,2-4,13-17H2,1H3. The van der Waals surface area contributed by atoms with E-state index in [1.165, 1.54) is 18.5 Å². The molecule has 1 saturated heterocycles. The van der Waals surface area contributed by atoms with E-state index < -0.39 is 0 Å². The molecule has 0 N–H and O–H groups in total. The van der Waals surface area contributed by atoms with Gasteiger partial charge < -0.3 is 9.64 Å². The van der Waals surface area contributed by atoms with Gasteiger partial charge in [0.05, 0.1) is 13.8 Å². The van der Waals surface area contributed by atoms with Crippen molar-refractivity contribution in [2.24, 2.45) is 0 Å². The zero-order valence-electron chi connectivity index (χ0n) is 17.9. The van der Waals surface area contributed by atoms with Gasteiger partial charge in [0, 0.05) is 55.9 Å². The lowest BCUT2D eigenvalue weighted by atomic mass is 10.2. The highest BCUT2D eigenvalue weighted by Gasteiger charge is 2.29. The fourth-order valence-corrected chi connectivity index (χ4v) is 4.56. The molecule has 0 spiro atoms. The number of pyridine rings is 1. The Kier molecular flexibility index (Phi) is 5.74. The van der Waals surface area contributed by atoms with E-state index in [9.17, 15) is 0 Å². The molecule has 3 heterocycles. The highest BCUT2D eigenvalue weighted by Crippen LogP contribution is 2.38. The molecule has 0 radical (unpaired) electrons. The summed E-state index contributed by atoms with van der Waals surface area (Å²) in [5.74, 6) is 1.86. The van der Waals surface area contributed by atoms with Crippen LogP contribution in [-0.4, -0.2) is 57.5 Å². The van der Waals surface area contributed by atoms with Crippen LogP contribution in [0.25, 0.3) is 11.4 Å². The molecular formula is C23H28N6OS. The van der Waals surface area contributed by atoms with E-state index in [0.717, 1.165) is 61.2 Å². The van der Waals surface area contributed by atoms with E-state index in [-0.39, 0.29) is 0 Å². The Morgan fingerprint density at radius 3 is 2.48 bits per heavy atom. The maximum Gasteiger partial charge on any atom is 0.199 e. The molecule has 1 saturated carbocycles. The lowest BCUT2D eigenvalue weighted by Crippen LogP contribution is -2.32. The summed E-state index contributed by atoms with van der Waals surface area (Å²) in [6, 6.07) is 12.9. The molecule has 5 rings (SSSR count). The number of methoxy groups -OCH3 is 1. The van der Waals surface area contributed by atoms with Crippen LogP contribution >= 0.6 is 12.2 Å².